The number of amides is 1. The predicted molar refractivity (Wildman–Crippen MR) is 70.3 cm³/mol. The molecule has 0 atom stereocenters. The molecule has 0 saturated heterocycles. The van der Waals surface area contributed by atoms with E-state index >= 15 is 0 Å². The first-order chi connectivity index (χ1) is 7.81. The molecule has 0 spiro atoms. The van der Waals surface area contributed by atoms with Crippen LogP contribution in [0.4, 0.5) is 0 Å². The van der Waals surface area contributed by atoms with Gasteiger partial charge in [0, 0.05) is 12.6 Å². The van der Waals surface area contributed by atoms with Crippen molar-refractivity contribution in [2.24, 2.45) is 0 Å². The summed E-state index contributed by atoms with van der Waals surface area (Å²) in [5.41, 5.74) is 0. The Morgan fingerprint density at radius 1 is 1.06 bits per heavy atom. The summed E-state index contributed by atoms with van der Waals surface area (Å²) in [6.07, 6.45) is 15.1. The molecule has 0 fully saturated rings. The lowest BCUT2D eigenvalue weighted by molar-refractivity contribution is -0.116. The molecule has 0 saturated carbocycles. The van der Waals surface area contributed by atoms with E-state index in [9.17, 15) is 4.79 Å². The van der Waals surface area contributed by atoms with Crippen molar-refractivity contribution >= 4 is 5.91 Å². The van der Waals surface area contributed by atoms with E-state index in [0.717, 1.165) is 6.42 Å². The molecule has 2 nitrogen and oxygen atoms in total. The van der Waals surface area contributed by atoms with Crippen molar-refractivity contribution in [3.05, 3.63) is 24.3 Å². The third-order valence-electron chi connectivity index (χ3n) is 2.32. The standard InChI is InChI=1S/C14H25NO/c1-3-5-6-7-8-9-10-11-12-13-14(16)15-4-2/h10-13H,3-9H2,1-2H3,(H,15,16). The van der Waals surface area contributed by atoms with Crippen molar-refractivity contribution in [3.63, 3.8) is 0 Å². The van der Waals surface area contributed by atoms with Crippen molar-refractivity contribution < 1.29 is 4.79 Å². The number of rotatable bonds is 9. The maximum Gasteiger partial charge on any atom is 0.243 e. The van der Waals surface area contributed by atoms with Crippen LogP contribution in [0.3, 0.4) is 0 Å². The highest BCUT2D eigenvalue weighted by Gasteiger charge is 1.88. The van der Waals surface area contributed by atoms with E-state index in [0.29, 0.717) is 6.54 Å². The van der Waals surface area contributed by atoms with Gasteiger partial charge in [0.15, 0.2) is 0 Å². The second-order valence-corrected chi connectivity index (χ2v) is 3.88. The van der Waals surface area contributed by atoms with Gasteiger partial charge in [-0.2, -0.15) is 0 Å². The fourth-order valence-electron chi connectivity index (χ4n) is 1.42. The van der Waals surface area contributed by atoms with Gasteiger partial charge in [0.2, 0.25) is 5.91 Å². The summed E-state index contributed by atoms with van der Waals surface area (Å²) in [6.45, 7) is 4.83. The minimum atomic E-state index is -0.0184. The Balaban J connectivity index is 3.36. The van der Waals surface area contributed by atoms with Gasteiger partial charge in [-0.05, 0) is 19.8 Å². The molecule has 2 heteroatoms. The van der Waals surface area contributed by atoms with Crippen LogP contribution in [0.5, 0.6) is 0 Å². The van der Waals surface area contributed by atoms with Gasteiger partial charge in [-0.25, -0.2) is 0 Å². The first kappa shape index (κ1) is 14.9. The Bertz CT molecular complexity index is 219. The molecule has 1 amide bonds. The van der Waals surface area contributed by atoms with E-state index < -0.39 is 0 Å². The average Bonchev–Trinajstić information content (AvgIpc) is 2.27. The number of hydrogen-bond acceptors (Lipinski definition) is 1. The maximum atomic E-state index is 11.0. The number of carbonyl (C=O) groups excluding carboxylic acids is 1. The molecular formula is C14H25NO. The van der Waals surface area contributed by atoms with Crippen molar-refractivity contribution in [2.75, 3.05) is 6.54 Å². The molecule has 0 radical (unpaired) electrons. The van der Waals surface area contributed by atoms with Gasteiger partial charge >= 0.3 is 0 Å². The molecule has 0 rings (SSSR count). The monoisotopic (exact) mass is 223 g/mol. The third-order valence-corrected chi connectivity index (χ3v) is 2.32. The molecule has 0 aliphatic rings. The molecule has 0 heterocycles. The van der Waals surface area contributed by atoms with Crippen LogP contribution >= 0.6 is 0 Å². The fourth-order valence-corrected chi connectivity index (χ4v) is 1.42. The Kier molecular flexibility index (Phi) is 11.2. The van der Waals surface area contributed by atoms with Crippen molar-refractivity contribution in [3.8, 4) is 0 Å². The molecule has 0 aromatic heterocycles. The molecule has 92 valence electrons. The van der Waals surface area contributed by atoms with Gasteiger partial charge in [0.05, 0.1) is 0 Å². The first-order valence-corrected chi connectivity index (χ1v) is 6.42. The summed E-state index contributed by atoms with van der Waals surface area (Å²) in [7, 11) is 0. The van der Waals surface area contributed by atoms with Crippen LogP contribution in [0, 0.1) is 0 Å². The van der Waals surface area contributed by atoms with E-state index in [1.807, 2.05) is 13.0 Å². The number of carbonyl (C=O) groups is 1. The second kappa shape index (κ2) is 12.0. The summed E-state index contributed by atoms with van der Waals surface area (Å²) in [5.74, 6) is -0.0184. The van der Waals surface area contributed by atoms with E-state index in [2.05, 4.69) is 18.3 Å². The number of hydrogen-bond donors (Lipinski definition) is 1. The molecule has 0 unspecified atom stereocenters. The van der Waals surface area contributed by atoms with Gasteiger partial charge in [0.1, 0.15) is 0 Å². The molecule has 16 heavy (non-hydrogen) atoms. The van der Waals surface area contributed by atoms with Crippen LogP contribution in [0.15, 0.2) is 24.3 Å². The maximum absolute atomic E-state index is 11.0. The summed E-state index contributed by atoms with van der Waals surface area (Å²) in [5, 5.41) is 2.71. The zero-order valence-corrected chi connectivity index (χ0v) is 10.7. The molecule has 0 aliphatic heterocycles. The summed E-state index contributed by atoms with van der Waals surface area (Å²) in [4.78, 5) is 11.0. The number of likely N-dealkylation sites (N-methyl/N-ethyl adjacent to an activating group) is 1. The first-order valence-electron chi connectivity index (χ1n) is 6.42. The van der Waals surface area contributed by atoms with E-state index in [4.69, 9.17) is 0 Å². The van der Waals surface area contributed by atoms with Crippen LogP contribution in [-0.4, -0.2) is 12.5 Å². The minimum absolute atomic E-state index is 0.0184. The van der Waals surface area contributed by atoms with Gasteiger partial charge in [0.25, 0.3) is 0 Å². The van der Waals surface area contributed by atoms with Crippen LogP contribution in [0.25, 0.3) is 0 Å². The van der Waals surface area contributed by atoms with Crippen LogP contribution in [-0.2, 0) is 4.79 Å². The largest absolute Gasteiger partial charge is 0.353 e. The van der Waals surface area contributed by atoms with Gasteiger partial charge in [-0.15, -0.1) is 0 Å². The SMILES string of the molecule is CCCCCCCC=CC=CC(=O)NCC. The zero-order valence-electron chi connectivity index (χ0n) is 10.7. The van der Waals surface area contributed by atoms with Crippen LogP contribution in [0.1, 0.15) is 52.4 Å². The molecule has 0 aromatic carbocycles. The normalized spacial score (nSPS) is 11.4. The molecular weight excluding hydrogens is 198 g/mol. The van der Waals surface area contributed by atoms with E-state index in [-0.39, 0.29) is 5.91 Å². The lowest BCUT2D eigenvalue weighted by Crippen LogP contribution is -2.19. The summed E-state index contributed by atoms with van der Waals surface area (Å²) in [6, 6.07) is 0. The lowest BCUT2D eigenvalue weighted by Gasteiger charge is -1.95. The molecule has 1 N–H and O–H groups in total. The van der Waals surface area contributed by atoms with E-state index in [1.54, 1.807) is 12.2 Å². The van der Waals surface area contributed by atoms with Crippen molar-refractivity contribution in [1.82, 2.24) is 5.32 Å². The quantitative estimate of drug-likeness (QED) is 0.361. The third kappa shape index (κ3) is 11.0. The van der Waals surface area contributed by atoms with Crippen molar-refractivity contribution in [1.29, 1.82) is 0 Å². The van der Waals surface area contributed by atoms with Crippen LogP contribution in [0.2, 0.25) is 0 Å². The Morgan fingerprint density at radius 3 is 2.50 bits per heavy atom. The number of nitrogens with one attached hydrogen (secondary N) is 1. The molecule has 0 aromatic rings. The van der Waals surface area contributed by atoms with E-state index in [1.165, 1.54) is 32.1 Å². The minimum Gasteiger partial charge on any atom is -0.353 e. The highest BCUT2D eigenvalue weighted by atomic mass is 16.1. The second-order valence-electron chi connectivity index (χ2n) is 3.88. The smallest absolute Gasteiger partial charge is 0.243 e. The van der Waals surface area contributed by atoms with Crippen LogP contribution < -0.4 is 5.32 Å². The predicted octanol–water partition coefficient (Wildman–Crippen LogP) is 3.60. The Hall–Kier alpha value is -1.05. The molecule has 0 aliphatic carbocycles. The average molecular weight is 223 g/mol. The summed E-state index contributed by atoms with van der Waals surface area (Å²) >= 11 is 0. The fraction of sp³-hybridized carbons (Fsp3) is 0.643. The Morgan fingerprint density at radius 2 is 1.81 bits per heavy atom. The highest BCUT2D eigenvalue weighted by Crippen LogP contribution is 2.05. The zero-order chi connectivity index (χ0) is 12.1. The Labute approximate surface area is 99.8 Å². The van der Waals surface area contributed by atoms with Gasteiger partial charge in [-0.3, -0.25) is 4.79 Å². The highest BCUT2D eigenvalue weighted by molar-refractivity contribution is 5.87. The van der Waals surface area contributed by atoms with Gasteiger partial charge < -0.3 is 5.32 Å². The van der Waals surface area contributed by atoms with Crippen molar-refractivity contribution in [2.45, 2.75) is 52.4 Å². The lowest BCUT2D eigenvalue weighted by atomic mass is 10.1. The number of unbranched alkanes of at least 4 members (excludes halogenated alkanes) is 5. The van der Waals surface area contributed by atoms with Gasteiger partial charge in [-0.1, -0.05) is 50.8 Å². The molecule has 0 bridgehead atoms. The topological polar surface area (TPSA) is 29.1 Å². The number of allylic oxidation sites excluding steroid dienone is 3. The summed E-state index contributed by atoms with van der Waals surface area (Å²) < 4.78 is 0.